The molecule has 0 saturated heterocycles. The number of aromatic nitrogens is 4. The van der Waals surface area contributed by atoms with Gasteiger partial charge in [0.15, 0.2) is 11.6 Å². The molecule has 0 spiro atoms. The zero-order valence-corrected chi connectivity index (χ0v) is 33.3. The van der Waals surface area contributed by atoms with Crippen LogP contribution in [0.25, 0.3) is 104 Å². The molecule has 1 aliphatic rings. The van der Waals surface area contributed by atoms with Crippen LogP contribution in [0, 0.1) is 0 Å². The van der Waals surface area contributed by atoms with Gasteiger partial charge in [-0.05, 0) is 87.0 Å². The second kappa shape index (κ2) is 12.9. The first-order chi connectivity index (χ1) is 29.0. The third-order valence-electron chi connectivity index (χ3n) is 12.3. The third-order valence-corrected chi connectivity index (χ3v) is 13.4. The Morgan fingerprint density at radius 3 is 1.90 bits per heavy atom. The highest BCUT2D eigenvalue weighted by atomic mass is 32.1. The molecule has 0 bridgehead atoms. The molecule has 0 saturated carbocycles. The third kappa shape index (κ3) is 5.25. The molecule has 0 radical (unpaired) electrons. The van der Waals surface area contributed by atoms with E-state index >= 15 is 0 Å². The quantitative estimate of drug-likeness (QED) is 0.175. The fraction of sp³-hybridized carbons (Fsp3) is 0.0556. The van der Waals surface area contributed by atoms with Crippen molar-refractivity contribution in [1.29, 1.82) is 0 Å². The van der Waals surface area contributed by atoms with Crippen LogP contribution < -0.4 is 0 Å². The number of hydrogen-bond donors (Lipinski definition) is 0. The summed E-state index contributed by atoms with van der Waals surface area (Å²) >= 11 is 1.81. The van der Waals surface area contributed by atoms with Gasteiger partial charge in [0.05, 0.1) is 11.0 Å². The van der Waals surface area contributed by atoms with Gasteiger partial charge in [-0.25, -0.2) is 4.98 Å². The maximum absolute atomic E-state index is 5.39. The highest BCUT2D eigenvalue weighted by Crippen LogP contribution is 2.50. The second-order valence-corrected chi connectivity index (χ2v) is 17.1. The Kier molecular flexibility index (Phi) is 7.41. The summed E-state index contributed by atoms with van der Waals surface area (Å²) in [6.45, 7) is 4.68. The molecule has 0 aliphatic heterocycles. The van der Waals surface area contributed by atoms with E-state index in [9.17, 15) is 0 Å². The monoisotopic (exact) mass is 772 g/mol. The highest BCUT2D eigenvalue weighted by molar-refractivity contribution is 7.26. The van der Waals surface area contributed by atoms with Crippen LogP contribution in [-0.4, -0.2) is 19.5 Å². The molecule has 59 heavy (non-hydrogen) atoms. The van der Waals surface area contributed by atoms with Gasteiger partial charge in [0.2, 0.25) is 5.95 Å². The summed E-state index contributed by atoms with van der Waals surface area (Å²) in [7, 11) is 0. The largest absolute Gasteiger partial charge is 0.278 e. The normalized spacial score (nSPS) is 13.1. The predicted octanol–water partition coefficient (Wildman–Crippen LogP) is 14.3. The van der Waals surface area contributed by atoms with E-state index in [0.29, 0.717) is 17.6 Å². The van der Waals surface area contributed by atoms with Gasteiger partial charge in [-0.15, -0.1) is 11.3 Å². The van der Waals surface area contributed by atoms with Crippen molar-refractivity contribution in [3.05, 3.63) is 193 Å². The molecule has 0 unspecified atom stereocenters. The Hall–Kier alpha value is -7.21. The van der Waals surface area contributed by atoms with Crippen LogP contribution in [0.3, 0.4) is 0 Å². The van der Waals surface area contributed by atoms with Crippen molar-refractivity contribution in [2.75, 3.05) is 0 Å². The first kappa shape index (κ1) is 33.9. The van der Waals surface area contributed by atoms with Crippen LogP contribution in [0.4, 0.5) is 0 Å². The summed E-state index contributed by atoms with van der Waals surface area (Å²) in [4.78, 5) is 15.9. The molecule has 4 nitrogen and oxygen atoms in total. The fourth-order valence-corrected chi connectivity index (χ4v) is 10.5. The minimum atomic E-state index is -0.0707. The van der Waals surface area contributed by atoms with Gasteiger partial charge < -0.3 is 0 Å². The summed E-state index contributed by atoms with van der Waals surface area (Å²) in [5, 5.41) is 4.67. The lowest BCUT2D eigenvalue weighted by Crippen LogP contribution is -2.14. The van der Waals surface area contributed by atoms with Crippen LogP contribution in [0.5, 0.6) is 0 Å². The number of benzene rings is 8. The van der Waals surface area contributed by atoms with E-state index in [-0.39, 0.29) is 5.41 Å². The van der Waals surface area contributed by atoms with Gasteiger partial charge in [0.25, 0.3) is 0 Å². The summed E-state index contributed by atoms with van der Waals surface area (Å²) < 4.78 is 4.65. The van der Waals surface area contributed by atoms with E-state index in [4.69, 9.17) is 15.0 Å². The smallest absolute Gasteiger partial charge is 0.238 e. The molecule has 11 aromatic rings. The van der Waals surface area contributed by atoms with Gasteiger partial charge in [0, 0.05) is 47.5 Å². The molecular formula is C54H36N4S. The molecule has 12 rings (SSSR count). The Labute approximate surface area is 345 Å². The highest BCUT2D eigenvalue weighted by Gasteiger charge is 2.35. The predicted molar refractivity (Wildman–Crippen MR) is 246 cm³/mol. The number of hydrogen-bond acceptors (Lipinski definition) is 4. The van der Waals surface area contributed by atoms with E-state index in [2.05, 4.69) is 182 Å². The second-order valence-electron chi connectivity index (χ2n) is 16.0. The first-order valence-corrected chi connectivity index (χ1v) is 20.9. The van der Waals surface area contributed by atoms with Gasteiger partial charge in [-0.1, -0.05) is 153 Å². The van der Waals surface area contributed by atoms with Crippen molar-refractivity contribution >= 4 is 53.3 Å². The van der Waals surface area contributed by atoms with E-state index in [1.54, 1.807) is 11.3 Å². The van der Waals surface area contributed by atoms with E-state index < -0.39 is 0 Å². The maximum atomic E-state index is 5.39. The molecule has 5 heteroatoms. The van der Waals surface area contributed by atoms with Crippen LogP contribution >= 0.6 is 11.3 Å². The van der Waals surface area contributed by atoms with Crippen molar-refractivity contribution in [3.8, 4) is 62.1 Å². The van der Waals surface area contributed by atoms with E-state index in [1.165, 1.54) is 59.3 Å². The van der Waals surface area contributed by atoms with Crippen molar-refractivity contribution in [1.82, 2.24) is 19.5 Å². The maximum Gasteiger partial charge on any atom is 0.238 e. The topological polar surface area (TPSA) is 43.6 Å². The number of rotatable bonds is 5. The van der Waals surface area contributed by atoms with E-state index in [0.717, 1.165) is 38.3 Å². The molecule has 278 valence electrons. The molecule has 8 aromatic carbocycles. The zero-order chi connectivity index (χ0) is 39.2. The molecule has 0 fully saturated rings. The number of para-hydroxylation sites is 1. The van der Waals surface area contributed by atoms with Crippen LogP contribution in [-0.2, 0) is 5.41 Å². The minimum absolute atomic E-state index is 0.0707. The lowest BCUT2D eigenvalue weighted by Gasteiger charge is -2.22. The SMILES string of the molecule is CC1(C)c2ccccc2-c2ccc(-c3ccc4c(c3)c3ccccc3n4-c3nc(-c4ccccc4)nc(-c4cccc5sc6ccc(-c7ccccc7)cc6c45)n3)cc21. The van der Waals surface area contributed by atoms with Crippen LogP contribution in [0.15, 0.2) is 182 Å². The Balaban J connectivity index is 1.06. The summed E-state index contributed by atoms with van der Waals surface area (Å²) in [6.07, 6.45) is 0. The lowest BCUT2D eigenvalue weighted by atomic mass is 9.81. The first-order valence-electron chi connectivity index (χ1n) is 20.1. The number of nitrogens with zero attached hydrogens (tertiary/aromatic N) is 4. The fourth-order valence-electron chi connectivity index (χ4n) is 9.38. The molecular weight excluding hydrogens is 737 g/mol. The van der Waals surface area contributed by atoms with Crippen LogP contribution in [0.1, 0.15) is 25.0 Å². The molecule has 0 amide bonds. The average Bonchev–Trinajstić information content (AvgIpc) is 3.91. The molecule has 0 atom stereocenters. The van der Waals surface area contributed by atoms with Crippen molar-refractivity contribution in [2.45, 2.75) is 19.3 Å². The average molecular weight is 773 g/mol. The van der Waals surface area contributed by atoms with E-state index in [1.807, 2.05) is 18.2 Å². The van der Waals surface area contributed by atoms with Crippen molar-refractivity contribution in [2.24, 2.45) is 0 Å². The molecule has 3 heterocycles. The van der Waals surface area contributed by atoms with Crippen molar-refractivity contribution < 1.29 is 0 Å². The van der Waals surface area contributed by atoms with Crippen molar-refractivity contribution in [3.63, 3.8) is 0 Å². The number of thiophene rings is 1. The van der Waals surface area contributed by atoms with Gasteiger partial charge >= 0.3 is 0 Å². The Morgan fingerprint density at radius 2 is 1.03 bits per heavy atom. The van der Waals surface area contributed by atoms with Gasteiger partial charge in [-0.2, -0.15) is 9.97 Å². The summed E-state index contributed by atoms with van der Waals surface area (Å²) in [5.74, 6) is 1.87. The summed E-state index contributed by atoms with van der Waals surface area (Å²) in [6, 6.07) is 65.4. The molecule has 3 aromatic heterocycles. The van der Waals surface area contributed by atoms with Gasteiger partial charge in [0.1, 0.15) is 0 Å². The Bertz CT molecular complexity index is 3470. The zero-order valence-electron chi connectivity index (χ0n) is 32.5. The summed E-state index contributed by atoms with van der Waals surface area (Å²) in [5.41, 5.74) is 14.2. The molecule has 1 aliphatic carbocycles. The standard InChI is InChI=1S/C54H36N4S/c1-54(2)44-21-11-9-18-38(44)39-27-24-37(32-45(39)54)36-25-28-47-42(30-36)40-19-10-12-22-46(40)58(47)53-56-51(34-16-7-4-8-17-34)55-52(57-53)41-20-13-23-49-50(41)43-31-35(26-29-48(43)59-49)33-14-5-3-6-15-33/h3-32H,1-2H3. The molecule has 0 N–H and O–H groups in total. The number of fused-ring (bicyclic) bond motifs is 9. The lowest BCUT2D eigenvalue weighted by molar-refractivity contribution is 0.660. The Morgan fingerprint density at radius 1 is 0.407 bits per heavy atom. The van der Waals surface area contributed by atoms with Crippen LogP contribution in [0.2, 0.25) is 0 Å². The van der Waals surface area contributed by atoms with Gasteiger partial charge in [-0.3, -0.25) is 4.57 Å². The minimum Gasteiger partial charge on any atom is -0.278 e.